The second kappa shape index (κ2) is 8.98. The van der Waals surface area contributed by atoms with Crippen molar-refractivity contribution >= 4 is 5.97 Å². The molecule has 0 fully saturated rings. The summed E-state index contributed by atoms with van der Waals surface area (Å²) in [7, 11) is 1.65. The number of methoxy groups -OCH3 is 1. The van der Waals surface area contributed by atoms with Crippen LogP contribution in [0, 0.1) is 13.8 Å². The van der Waals surface area contributed by atoms with Crippen LogP contribution in [0.3, 0.4) is 0 Å². The molecule has 3 aromatic rings. The van der Waals surface area contributed by atoms with Gasteiger partial charge in [0.2, 0.25) is 0 Å². The number of rotatable bonds is 7. The normalized spacial score (nSPS) is 15.5. The van der Waals surface area contributed by atoms with Gasteiger partial charge >= 0.3 is 5.97 Å². The van der Waals surface area contributed by atoms with E-state index >= 15 is 0 Å². The van der Waals surface area contributed by atoms with Gasteiger partial charge in [-0.05, 0) is 61.9 Å². The summed E-state index contributed by atoms with van der Waals surface area (Å²) in [6, 6.07) is 16.7. The molecule has 0 bridgehead atoms. The van der Waals surface area contributed by atoms with E-state index in [1.807, 2.05) is 38.1 Å². The van der Waals surface area contributed by atoms with Crippen molar-refractivity contribution in [1.29, 1.82) is 0 Å². The molecule has 0 aliphatic heterocycles. The van der Waals surface area contributed by atoms with Crippen LogP contribution in [0.15, 0.2) is 48.5 Å². The fourth-order valence-electron chi connectivity index (χ4n) is 4.83. The SMILES string of the molecule is COc1cccc(Cn2c(C)c(CNC3CCCc4ccccc43)c(C(=O)O)c2C)c1. The van der Waals surface area contributed by atoms with E-state index in [-0.39, 0.29) is 6.04 Å². The number of carbonyl (C=O) groups is 1. The molecule has 0 amide bonds. The number of benzene rings is 2. The van der Waals surface area contributed by atoms with E-state index in [2.05, 4.69) is 34.1 Å². The first-order chi connectivity index (χ1) is 15.0. The predicted molar refractivity (Wildman–Crippen MR) is 122 cm³/mol. The number of aryl methyl sites for hydroxylation is 1. The van der Waals surface area contributed by atoms with E-state index in [0.717, 1.165) is 47.5 Å². The van der Waals surface area contributed by atoms with E-state index < -0.39 is 5.97 Å². The first-order valence-corrected chi connectivity index (χ1v) is 10.9. The Labute approximate surface area is 183 Å². The molecule has 0 spiro atoms. The Bertz CT molecular complexity index is 1100. The number of aromatic carboxylic acids is 1. The first kappa shape index (κ1) is 21.2. The summed E-state index contributed by atoms with van der Waals surface area (Å²) in [5, 5.41) is 13.6. The van der Waals surface area contributed by atoms with Gasteiger partial charge < -0.3 is 19.7 Å². The van der Waals surface area contributed by atoms with E-state index in [0.29, 0.717) is 18.7 Å². The van der Waals surface area contributed by atoms with E-state index in [4.69, 9.17) is 4.74 Å². The smallest absolute Gasteiger partial charge is 0.337 e. The lowest BCUT2D eigenvalue weighted by molar-refractivity contribution is 0.0694. The highest BCUT2D eigenvalue weighted by Gasteiger charge is 2.25. The maximum Gasteiger partial charge on any atom is 0.337 e. The maximum absolute atomic E-state index is 12.1. The van der Waals surface area contributed by atoms with Gasteiger partial charge in [0.15, 0.2) is 0 Å². The van der Waals surface area contributed by atoms with E-state index in [1.165, 1.54) is 11.1 Å². The highest BCUT2D eigenvalue weighted by atomic mass is 16.5. The highest BCUT2D eigenvalue weighted by molar-refractivity contribution is 5.91. The molecular weight excluding hydrogens is 388 g/mol. The molecule has 1 aliphatic rings. The van der Waals surface area contributed by atoms with Crippen molar-refractivity contribution in [2.24, 2.45) is 0 Å². The summed E-state index contributed by atoms with van der Waals surface area (Å²) >= 11 is 0. The van der Waals surface area contributed by atoms with Crippen LogP contribution >= 0.6 is 0 Å². The van der Waals surface area contributed by atoms with Crippen LogP contribution in [0.25, 0.3) is 0 Å². The average molecular weight is 419 g/mol. The lowest BCUT2D eigenvalue weighted by Crippen LogP contribution is -2.25. The Morgan fingerprint density at radius 1 is 1.16 bits per heavy atom. The lowest BCUT2D eigenvalue weighted by atomic mass is 9.87. The Kier molecular flexibility index (Phi) is 6.14. The Morgan fingerprint density at radius 2 is 1.97 bits per heavy atom. The third-order valence-electron chi connectivity index (χ3n) is 6.49. The zero-order chi connectivity index (χ0) is 22.0. The first-order valence-electron chi connectivity index (χ1n) is 10.9. The van der Waals surface area contributed by atoms with Gasteiger partial charge in [-0.3, -0.25) is 0 Å². The van der Waals surface area contributed by atoms with Crippen molar-refractivity contribution in [2.45, 2.75) is 52.2 Å². The second-order valence-electron chi connectivity index (χ2n) is 8.29. The molecule has 4 rings (SSSR count). The Balaban J connectivity index is 1.62. The monoisotopic (exact) mass is 418 g/mol. The Hall–Kier alpha value is -3.05. The van der Waals surface area contributed by atoms with Crippen molar-refractivity contribution in [3.05, 3.63) is 87.7 Å². The molecule has 1 atom stereocenters. The molecule has 162 valence electrons. The number of nitrogens with one attached hydrogen (secondary N) is 1. The quantitative estimate of drug-likeness (QED) is 0.565. The molecule has 0 radical (unpaired) electrons. The number of nitrogens with zero attached hydrogens (tertiary/aromatic N) is 1. The largest absolute Gasteiger partial charge is 0.497 e. The van der Waals surface area contributed by atoms with Gasteiger partial charge in [-0.2, -0.15) is 0 Å². The summed E-state index contributed by atoms with van der Waals surface area (Å²) in [6.45, 7) is 5.07. The van der Waals surface area contributed by atoms with Gasteiger partial charge in [-0.1, -0.05) is 36.4 Å². The van der Waals surface area contributed by atoms with Gasteiger partial charge in [0.05, 0.1) is 12.7 Å². The molecular formula is C26H30N2O3. The number of ether oxygens (including phenoxy) is 1. The predicted octanol–water partition coefficient (Wildman–Crippen LogP) is 5.03. The summed E-state index contributed by atoms with van der Waals surface area (Å²) in [6.07, 6.45) is 3.33. The van der Waals surface area contributed by atoms with Gasteiger partial charge in [0.25, 0.3) is 0 Å². The van der Waals surface area contributed by atoms with Crippen molar-refractivity contribution < 1.29 is 14.6 Å². The summed E-state index contributed by atoms with van der Waals surface area (Å²) in [5.74, 6) is -0.0675. The molecule has 0 saturated carbocycles. The molecule has 1 heterocycles. The minimum Gasteiger partial charge on any atom is -0.497 e. The van der Waals surface area contributed by atoms with Crippen molar-refractivity contribution in [2.75, 3.05) is 7.11 Å². The van der Waals surface area contributed by atoms with Crippen LogP contribution in [0.5, 0.6) is 5.75 Å². The molecule has 5 nitrogen and oxygen atoms in total. The molecule has 1 aliphatic carbocycles. The number of fused-ring (bicyclic) bond motifs is 1. The molecule has 31 heavy (non-hydrogen) atoms. The molecule has 2 N–H and O–H groups in total. The number of carboxylic acid groups (broad SMARTS) is 1. The molecule has 5 heteroatoms. The average Bonchev–Trinajstić information content (AvgIpc) is 3.02. The van der Waals surface area contributed by atoms with Crippen LogP contribution in [0.1, 0.15) is 62.9 Å². The molecule has 2 aromatic carbocycles. The van der Waals surface area contributed by atoms with Crippen molar-refractivity contribution in [3.8, 4) is 5.75 Å². The van der Waals surface area contributed by atoms with Crippen LogP contribution in [0.2, 0.25) is 0 Å². The topological polar surface area (TPSA) is 63.5 Å². The molecule has 1 unspecified atom stereocenters. The van der Waals surface area contributed by atoms with Crippen LogP contribution in [-0.4, -0.2) is 22.8 Å². The van der Waals surface area contributed by atoms with Gasteiger partial charge in [0, 0.05) is 36.1 Å². The standard InChI is InChI=1S/C26H30N2O3/c1-17-23(15-27-24-13-7-10-20-9-4-5-12-22(20)24)25(26(29)30)18(2)28(17)16-19-8-6-11-21(14-19)31-3/h4-6,8-9,11-12,14,24,27H,7,10,13,15-16H2,1-3H3,(H,29,30). The van der Waals surface area contributed by atoms with Gasteiger partial charge in [-0.15, -0.1) is 0 Å². The number of carboxylic acids is 1. The minimum absolute atomic E-state index is 0.257. The third-order valence-corrected chi connectivity index (χ3v) is 6.49. The fraction of sp³-hybridized carbons (Fsp3) is 0.346. The third kappa shape index (κ3) is 4.23. The van der Waals surface area contributed by atoms with E-state index in [1.54, 1.807) is 7.11 Å². The summed E-state index contributed by atoms with van der Waals surface area (Å²) in [5.41, 5.74) is 6.89. The van der Waals surface area contributed by atoms with Gasteiger partial charge in [-0.25, -0.2) is 4.79 Å². The zero-order valence-corrected chi connectivity index (χ0v) is 18.4. The number of hydrogen-bond acceptors (Lipinski definition) is 3. The number of hydrogen-bond donors (Lipinski definition) is 2. The van der Waals surface area contributed by atoms with Crippen molar-refractivity contribution in [3.63, 3.8) is 0 Å². The van der Waals surface area contributed by atoms with Crippen LogP contribution < -0.4 is 10.1 Å². The van der Waals surface area contributed by atoms with Crippen molar-refractivity contribution in [1.82, 2.24) is 9.88 Å². The minimum atomic E-state index is -0.870. The Morgan fingerprint density at radius 3 is 2.74 bits per heavy atom. The van der Waals surface area contributed by atoms with Crippen LogP contribution in [0.4, 0.5) is 0 Å². The molecule has 1 aromatic heterocycles. The summed E-state index contributed by atoms with van der Waals surface area (Å²) in [4.78, 5) is 12.1. The summed E-state index contributed by atoms with van der Waals surface area (Å²) < 4.78 is 7.44. The fourth-order valence-corrected chi connectivity index (χ4v) is 4.83. The maximum atomic E-state index is 12.1. The van der Waals surface area contributed by atoms with Crippen LogP contribution in [-0.2, 0) is 19.5 Å². The zero-order valence-electron chi connectivity index (χ0n) is 18.4. The number of aromatic nitrogens is 1. The van der Waals surface area contributed by atoms with Gasteiger partial charge in [0.1, 0.15) is 5.75 Å². The second-order valence-corrected chi connectivity index (χ2v) is 8.29. The lowest BCUT2D eigenvalue weighted by Gasteiger charge is -2.26. The highest BCUT2D eigenvalue weighted by Crippen LogP contribution is 2.31. The molecule has 0 saturated heterocycles. The van der Waals surface area contributed by atoms with E-state index in [9.17, 15) is 9.90 Å².